The molecule has 4 atom stereocenters. The number of fused-ring (bicyclic) bond motifs is 1. The first-order valence-electron chi connectivity index (χ1n) is 8.83. The summed E-state index contributed by atoms with van der Waals surface area (Å²) in [7, 11) is 5.26. The number of carbonyl (C=O) groups is 2. The van der Waals surface area contributed by atoms with Gasteiger partial charge in [-0.15, -0.1) is 0 Å². The van der Waals surface area contributed by atoms with Gasteiger partial charge in [0, 0.05) is 40.1 Å². The molecular weight excluding hydrogens is 336 g/mol. The van der Waals surface area contributed by atoms with Crippen molar-refractivity contribution < 1.29 is 19.1 Å². The molecule has 1 spiro atoms. The highest BCUT2D eigenvalue weighted by molar-refractivity contribution is 5.92. The Labute approximate surface area is 152 Å². The van der Waals surface area contributed by atoms with Crippen LogP contribution in [0.5, 0.6) is 0 Å². The minimum Gasteiger partial charge on any atom is -0.383 e. The first-order chi connectivity index (χ1) is 12.5. The summed E-state index contributed by atoms with van der Waals surface area (Å²) < 4.78 is 13.1. The molecule has 4 rings (SSSR count). The van der Waals surface area contributed by atoms with Gasteiger partial charge in [-0.2, -0.15) is 0 Å². The first-order valence-corrected chi connectivity index (χ1v) is 8.83. The molecule has 1 aromatic heterocycles. The van der Waals surface area contributed by atoms with E-state index in [0.29, 0.717) is 26.2 Å². The molecule has 26 heavy (non-hydrogen) atoms. The van der Waals surface area contributed by atoms with Gasteiger partial charge in [0.1, 0.15) is 11.4 Å². The Morgan fingerprint density at radius 3 is 3.04 bits per heavy atom. The van der Waals surface area contributed by atoms with Crippen molar-refractivity contribution in [3.05, 3.63) is 30.4 Å². The predicted octanol–water partition coefficient (Wildman–Crippen LogP) is -0.193. The minimum absolute atomic E-state index is 0.0161. The minimum atomic E-state index is -0.667. The number of ether oxygens (including phenoxy) is 2. The molecule has 8 nitrogen and oxygen atoms in total. The number of imidazole rings is 1. The van der Waals surface area contributed by atoms with Crippen LogP contribution in [-0.2, 0) is 32.7 Å². The second-order valence-electron chi connectivity index (χ2n) is 7.30. The summed E-state index contributed by atoms with van der Waals surface area (Å²) in [4.78, 5) is 33.8. The lowest BCUT2D eigenvalue weighted by molar-refractivity contribution is -0.143. The average molecular weight is 360 g/mol. The highest BCUT2D eigenvalue weighted by Gasteiger charge is 2.66. The van der Waals surface area contributed by atoms with E-state index in [-0.39, 0.29) is 17.9 Å². The molecule has 2 fully saturated rings. The van der Waals surface area contributed by atoms with Crippen LogP contribution in [-0.4, -0.2) is 76.7 Å². The van der Waals surface area contributed by atoms with Crippen molar-refractivity contribution in [2.45, 2.75) is 18.2 Å². The molecule has 140 valence electrons. The number of hydrogen-bond donors (Lipinski definition) is 0. The summed E-state index contributed by atoms with van der Waals surface area (Å²) in [5.74, 6) is -0.223. The van der Waals surface area contributed by atoms with Gasteiger partial charge in [-0.05, 0) is 0 Å². The number of nitrogens with zero attached hydrogens (tertiary/aromatic N) is 4. The normalized spacial score (nSPS) is 31.7. The van der Waals surface area contributed by atoms with Crippen molar-refractivity contribution in [1.82, 2.24) is 19.4 Å². The van der Waals surface area contributed by atoms with Gasteiger partial charge in [-0.3, -0.25) is 9.59 Å². The molecule has 0 aliphatic carbocycles. The third-order valence-electron chi connectivity index (χ3n) is 5.70. The predicted molar refractivity (Wildman–Crippen MR) is 91.9 cm³/mol. The number of amides is 2. The topological polar surface area (TPSA) is 76.9 Å². The van der Waals surface area contributed by atoms with Crippen LogP contribution in [0.25, 0.3) is 0 Å². The quantitative estimate of drug-likeness (QED) is 0.657. The van der Waals surface area contributed by atoms with Gasteiger partial charge in [-0.1, -0.05) is 12.2 Å². The Hall–Kier alpha value is -2.19. The van der Waals surface area contributed by atoms with Crippen molar-refractivity contribution in [2.75, 3.05) is 33.9 Å². The summed E-state index contributed by atoms with van der Waals surface area (Å²) in [6.07, 6.45) is 7.13. The largest absolute Gasteiger partial charge is 0.383 e. The van der Waals surface area contributed by atoms with Gasteiger partial charge in [0.2, 0.25) is 11.8 Å². The maximum Gasteiger partial charge on any atom is 0.230 e. The number of likely N-dealkylation sites (tertiary alicyclic amines) is 1. The molecule has 3 aliphatic heterocycles. The van der Waals surface area contributed by atoms with Crippen molar-refractivity contribution in [3.8, 4) is 0 Å². The van der Waals surface area contributed by atoms with Crippen LogP contribution in [0, 0.1) is 11.8 Å². The van der Waals surface area contributed by atoms with Crippen molar-refractivity contribution in [1.29, 1.82) is 0 Å². The molecule has 8 heteroatoms. The smallest absolute Gasteiger partial charge is 0.230 e. The molecule has 0 radical (unpaired) electrons. The van der Waals surface area contributed by atoms with Crippen LogP contribution in [0.15, 0.2) is 24.5 Å². The summed E-state index contributed by atoms with van der Waals surface area (Å²) in [5.41, 5.74) is -0.667. The van der Waals surface area contributed by atoms with Crippen LogP contribution >= 0.6 is 0 Å². The molecule has 2 saturated heterocycles. The van der Waals surface area contributed by atoms with E-state index in [1.54, 1.807) is 30.2 Å². The number of aromatic nitrogens is 2. The maximum absolute atomic E-state index is 13.2. The summed E-state index contributed by atoms with van der Waals surface area (Å²) >= 11 is 0. The highest BCUT2D eigenvalue weighted by atomic mass is 16.5. The summed E-state index contributed by atoms with van der Waals surface area (Å²) in [6.45, 7) is 1.87. The van der Waals surface area contributed by atoms with E-state index in [1.165, 1.54) is 0 Å². The molecular formula is C18H24N4O4. The van der Waals surface area contributed by atoms with E-state index < -0.39 is 17.4 Å². The number of rotatable bonds is 6. The Balaban J connectivity index is 1.53. The van der Waals surface area contributed by atoms with Gasteiger partial charge >= 0.3 is 0 Å². The second-order valence-corrected chi connectivity index (χ2v) is 7.30. The standard InChI is InChI=1S/C18H24N4O4/c1-20-7-6-19-13(20)10-21(2)16(23)14-12-4-5-18(26-12)11-22(8-9-25-3)17(24)15(14)18/h4-7,12,14-15H,8-11H2,1-3H3/t12-,14+,15-,18-/m0/s1. The van der Waals surface area contributed by atoms with Crippen molar-refractivity contribution in [3.63, 3.8) is 0 Å². The van der Waals surface area contributed by atoms with Gasteiger partial charge < -0.3 is 23.8 Å². The van der Waals surface area contributed by atoms with Crippen LogP contribution in [0.2, 0.25) is 0 Å². The highest BCUT2D eigenvalue weighted by Crippen LogP contribution is 2.52. The van der Waals surface area contributed by atoms with Crippen LogP contribution in [0.1, 0.15) is 5.82 Å². The summed E-state index contributed by atoms with van der Waals surface area (Å²) in [6, 6.07) is 0. The van der Waals surface area contributed by atoms with Gasteiger partial charge in [0.05, 0.1) is 37.6 Å². The van der Waals surface area contributed by atoms with E-state index in [0.717, 1.165) is 5.82 Å². The average Bonchev–Trinajstić information content (AvgIpc) is 3.35. The maximum atomic E-state index is 13.2. The van der Waals surface area contributed by atoms with E-state index in [9.17, 15) is 9.59 Å². The number of aryl methyl sites for hydroxylation is 1. The molecule has 1 aromatic rings. The van der Waals surface area contributed by atoms with E-state index in [1.807, 2.05) is 30.0 Å². The summed E-state index contributed by atoms with van der Waals surface area (Å²) in [5, 5.41) is 0. The Bertz CT molecular complexity index is 760. The molecule has 0 aromatic carbocycles. The van der Waals surface area contributed by atoms with Crippen LogP contribution < -0.4 is 0 Å². The zero-order valence-electron chi connectivity index (χ0n) is 15.3. The molecule has 2 bridgehead atoms. The molecule has 3 aliphatic rings. The monoisotopic (exact) mass is 360 g/mol. The second kappa shape index (κ2) is 6.21. The lowest BCUT2D eigenvalue weighted by atomic mass is 9.76. The van der Waals surface area contributed by atoms with Crippen molar-refractivity contribution >= 4 is 11.8 Å². The lowest BCUT2D eigenvalue weighted by Gasteiger charge is -2.27. The SMILES string of the molecule is COCCN1C[C@]23C=C[C@H](O2)[C@@H](C(=O)N(C)Cc2nccn2C)[C@H]3C1=O. The molecule has 0 N–H and O–H groups in total. The Morgan fingerprint density at radius 2 is 2.35 bits per heavy atom. The van der Waals surface area contributed by atoms with Crippen molar-refractivity contribution in [2.24, 2.45) is 18.9 Å². The number of hydrogen-bond acceptors (Lipinski definition) is 5. The molecule has 2 amide bonds. The molecule has 0 unspecified atom stereocenters. The van der Waals surface area contributed by atoms with E-state index in [2.05, 4.69) is 4.98 Å². The van der Waals surface area contributed by atoms with Crippen LogP contribution in [0.4, 0.5) is 0 Å². The van der Waals surface area contributed by atoms with Crippen LogP contribution in [0.3, 0.4) is 0 Å². The van der Waals surface area contributed by atoms with E-state index >= 15 is 0 Å². The fraction of sp³-hybridized carbons (Fsp3) is 0.611. The first kappa shape index (κ1) is 17.2. The zero-order chi connectivity index (χ0) is 18.5. The molecule has 0 saturated carbocycles. The Morgan fingerprint density at radius 1 is 1.54 bits per heavy atom. The molecule has 4 heterocycles. The van der Waals surface area contributed by atoms with Gasteiger partial charge in [0.15, 0.2) is 0 Å². The Kier molecular flexibility index (Phi) is 4.11. The van der Waals surface area contributed by atoms with E-state index in [4.69, 9.17) is 9.47 Å². The van der Waals surface area contributed by atoms with Gasteiger partial charge in [-0.25, -0.2) is 4.98 Å². The fourth-order valence-electron chi connectivity index (χ4n) is 4.34. The number of carbonyl (C=O) groups excluding carboxylic acids is 2. The van der Waals surface area contributed by atoms with Gasteiger partial charge in [0.25, 0.3) is 0 Å². The third-order valence-corrected chi connectivity index (χ3v) is 5.70. The lowest BCUT2D eigenvalue weighted by Crippen LogP contribution is -2.44. The third kappa shape index (κ3) is 2.47. The number of methoxy groups -OCH3 is 1. The fourth-order valence-corrected chi connectivity index (χ4v) is 4.34. The zero-order valence-corrected chi connectivity index (χ0v) is 15.3.